The van der Waals surface area contributed by atoms with Crippen molar-refractivity contribution in [2.75, 3.05) is 55.1 Å². The molecule has 5 rings (SSSR count). The molecule has 222 valence electrons. The Balaban J connectivity index is 1.33. The number of hydrogen-bond acceptors (Lipinski definition) is 8. The molecule has 2 aliphatic rings. The van der Waals surface area contributed by atoms with E-state index >= 15 is 0 Å². The van der Waals surface area contributed by atoms with Crippen LogP contribution in [0, 0.1) is 11.3 Å². The van der Waals surface area contributed by atoms with Crippen LogP contribution in [0.1, 0.15) is 23.7 Å². The number of piperazine rings is 1. The molecule has 3 heterocycles. The van der Waals surface area contributed by atoms with Crippen molar-refractivity contribution in [1.82, 2.24) is 19.6 Å². The van der Waals surface area contributed by atoms with Gasteiger partial charge >= 0.3 is 0 Å². The highest BCUT2D eigenvalue weighted by Crippen LogP contribution is 2.34. The van der Waals surface area contributed by atoms with Crippen molar-refractivity contribution in [1.29, 1.82) is 5.26 Å². The zero-order valence-electron chi connectivity index (χ0n) is 23.6. The van der Waals surface area contributed by atoms with Gasteiger partial charge < -0.3 is 14.9 Å². The molecular formula is C29H34ClN7O4S. The second-order valence-corrected chi connectivity index (χ2v) is 12.9. The van der Waals surface area contributed by atoms with E-state index in [0.29, 0.717) is 42.9 Å². The molecule has 0 aliphatic carbocycles. The second kappa shape index (κ2) is 12.3. The molecule has 0 saturated carbocycles. The van der Waals surface area contributed by atoms with E-state index in [2.05, 4.69) is 20.6 Å². The quantitative estimate of drug-likeness (QED) is 0.397. The third kappa shape index (κ3) is 6.71. The van der Waals surface area contributed by atoms with Crippen molar-refractivity contribution in [3.05, 3.63) is 64.3 Å². The van der Waals surface area contributed by atoms with E-state index in [4.69, 9.17) is 16.7 Å². The summed E-state index contributed by atoms with van der Waals surface area (Å²) in [7, 11) is -3.55. The fourth-order valence-corrected chi connectivity index (χ4v) is 6.45. The number of aliphatic hydroxyl groups is 1. The minimum atomic E-state index is -3.55. The normalized spacial score (nSPS) is 16.5. The summed E-state index contributed by atoms with van der Waals surface area (Å²) in [5, 5.41) is 25.7. The highest BCUT2D eigenvalue weighted by Gasteiger charge is 2.29. The summed E-state index contributed by atoms with van der Waals surface area (Å²) in [4.78, 5) is 18.4. The van der Waals surface area contributed by atoms with Gasteiger partial charge in [-0.25, -0.2) is 8.42 Å². The first-order chi connectivity index (χ1) is 20.0. The maximum atomic E-state index is 12.2. The van der Waals surface area contributed by atoms with Gasteiger partial charge in [0, 0.05) is 76.0 Å². The summed E-state index contributed by atoms with van der Waals surface area (Å²) >= 11 is 6.26. The van der Waals surface area contributed by atoms with Crippen molar-refractivity contribution >= 4 is 38.9 Å². The molecule has 3 aromatic rings. The number of nitrogens with zero attached hydrogens (tertiary/aromatic N) is 6. The Morgan fingerprint density at radius 1 is 1.14 bits per heavy atom. The smallest absolute Gasteiger partial charge is 0.229 e. The van der Waals surface area contributed by atoms with Gasteiger partial charge in [0.2, 0.25) is 15.9 Å². The number of sulfonamides is 1. The van der Waals surface area contributed by atoms with E-state index in [1.807, 2.05) is 28.9 Å². The van der Waals surface area contributed by atoms with Crippen molar-refractivity contribution < 1.29 is 18.3 Å². The molecule has 42 heavy (non-hydrogen) atoms. The Morgan fingerprint density at radius 3 is 2.57 bits per heavy atom. The molecule has 2 aliphatic heterocycles. The highest BCUT2D eigenvalue weighted by atomic mass is 35.5. The van der Waals surface area contributed by atoms with Gasteiger partial charge in [-0.05, 0) is 24.3 Å². The third-order valence-corrected chi connectivity index (χ3v) is 8.62. The zero-order valence-corrected chi connectivity index (χ0v) is 25.2. The molecule has 1 amide bonds. The fraction of sp³-hybridized carbons (Fsp3) is 0.414. The first kappa shape index (κ1) is 29.8. The van der Waals surface area contributed by atoms with Gasteiger partial charge in [-0.2, -0.15) is 10.4 Å². The van der Waals surface area contributed by atoms with E-state index in [1.165, 1.54) is 6.92 Å². The Hall–Kier alpha value is -3.63. The SMILES string of the molecule is CC(=O)N1CCc2c(c(-c3ccc(Cl)c(NS(C)(=O)=O)c3)nn2CC(O)CN2CCN(c3ccccc3C#N)CC2)C1. The number of carbonyl (C=O) groups excluding carboxylic acids is 1. The van der Waals surface area contributed by atoms with Crippen LogP contribution in [0.2, 0.25) is 5.02 Å². The van der Waals surface area contributed by atoms with Crippen LogP contribution in [0.15, 0.2) is 42.5 Å². The number of benzene rings is 2. The second-order valence-electron chi connectivity index (χ2n) is 10.8. The lowest BCUT2D eigenvalue weighted by atomic mass is 10.0. The van der Waals surface area contributed by atoms with Gasteiger partial charge in [0.15, 0.2) is 0 Å². The molecule has 2 aromatic carbocycles. The standard InChI is InChI=1S/C29H34ClN7O4S/c1-20(38)36-10-9-28-24(19-36)29(21-7-8-25(30)26(15-21)33-42(2,40)41)32-37(28)18-23(39)17-34-11-13-35(14-12-34)27-6-4-3-5-22(27)16-31/h3-8,15,23,33,39H,9-14,17-19H2,1-2H3. The minimum absolute atomic E-state index is 0.0357. The van der Waals surface area contributed by atoms with Gasteiger partial charge in [-0.1, -0.05) is 29.8 Å². The zero-order chi connectivity index (χ0) is 30.0. The van der Waals surface area contributed by atoms with Crippen molar-refractivity contribution in [3.63, 3.8) is 0 Å². The summed E-state index contributed by atoms with van der Waals surface area (Å²) in [6.45, 7) is 6.25. The number of β-amino-alcohol motifs (C(OH)–C–C–N with tert-alkyl or cyclic N) is 1. The molecule has 11 nitrogen and oxygen atoms in total. The van der Waals surface area contributed by atoms with Crippen LogP contribution < -0.4 is 9.62 Å². The van der Waals surface area contributed by atoms with Crippen LogP contribution in [0.4, 0.5) is 11.4 Å². The fourth-order valence-electron chi connectivity index (χ4n) is 5.66. The molecule has 13 heteroatoms. The van der Waals surface area contributed by atoms with Gasteiger partial charge in [0.25, 0.3) is 0 Å². The van der Waals surface area contributed by atoms with E-state index in [-0.39, 0.29) is 23.2 Å². The minimum Gasteiger partial charge on any atom is -0.390 e. The predicted molar refractivity (Wildman–Crippen MR) is 162 cm³/mol. The predicted octanol–water partition coefficient (Wildman–Crippen LogP) is 2.53. The first-order valence-electron chi connectivity index (χ1n) is 13.8. The molecule has 1 fully saturated rings. The summed E-state index contributed by atoms with van der Waals surface area (Å²) < 4.78 is 28.0. The van der Waals surface area contributed by atoms with Gasteiger partial charge in [-0.15, -0.1) is 0 Å². The first-order valence-corrected chi connectivity index (χ1v) is 16.1. The van der Waals surface area contributed by atoms with E-state index < -0.39 is 16.1 Å². The number of halogens is 1. The van der Waals surface area contributed by atoms with Crippen LogP contribution in [-0.4, -0.2) is 90.6 Å². The van der Waals surface area contributed by atoms with Crippen LogP contribution in [-0.2, 0) is 34.3 Å². The lowest BCUT2D eigenvalue weighted by molar-refractivity contribution is -0.129. The van der Waals surface area contributed by atoms with Gasteiger partial charge in [0.1, 0.15) is 6.07 Å². The number of nitrogens with one attached hydrogen (secondary N) is 1. The molecule has 1 atom stereocenters. The van der Waals surface area contributed by atoms with Crippen LogP contribution in [0.3, 0.4) is 0 Å². The van der Waals surface area contributed by atoms with Crippen molar-refractivity contribution in [2.45, 2.75) is 32.5 Å². The Labute approximate surface area is 250 Å². The topological polar surface area (TPSA) is 135 Å². The maximum Gasteiger partial charge on any atom is 0.229 e. The number of fused-ring (bicyclic) bond motifs is 1. The van der Waals surface area contributed by atoms with Gasteiger partial charge in [0.05, 0.1) is 46.6 Å². The van der Waals surface area contributed by atoms with E-state index in [0.717, 1.165) is 49.4 Å². The summed E-state index contributed by atoms with van der Waals surface area (Å²) in [6, 6.07) is 14.9. The third-order valence-electron chi connectivity index (χ3n) is 7.70. The number of rotatable bonds is 8. The molecule has 0 bridgehead atoms. The van der Waals surface area contributed by atoms with Crippen LogP contribution in [0.25, 0.3) is 11.3 Å². The number of carbonyl (C=O) groups is 1. The maximum absolute atomic E-state index is 12.2. The monoisotopic (exact) mass is 611 g/mol. The molecule has 2 N–H and O–H groups in total. The summed E-state index contributed by atoms with van der Waals surface area (Å²) in [5.41, 5.74) is 4.96. The van der Waals surface area contributed by atoms with Crippen molar-refractivity contribution in [2.24, 2.45) is 0 Å². The van der Waals surface area contributed by atoms with E-state index in [1.54, 1.807) is 23.1 Å². The van der Waals surface area contributed by atoms with E-state index in [9.17, 15) is 23.6 Å². The number of amides is 1. The Kier molecular flexibility index (Phi) is 8.75. The average molecular weight is 612 g/mol. The summed E-state index contributed by atoms with van der Waals surface area (Å²) in [5.74, 6) is -0.0357. The van der Waals surface area contributed by atoms with Crippen LogP contribution >= 0.6 is 11.6 Å². The Bertz CT molecular complexity index is 1630. The molecule has 1 unspecified atom stereocenters. The van der Waals surface area contributed by atoms with Crippen LogP contribution in [0.5, 0.6) is 0 Å². The number of anilines is 2. The highest BCUT2D eigenvalue weighted by molar-refractivity contribution is 7.92. The molecule has 0 spiro atoms. The number of nitriles is 1. The average Bonchev–Trinajstić information content (AvgIpc) is 3.31. The number of aromatic nitrogens is 2. The lowest BCUT2D eigenvalue weighted by Gasteiger charge is -2.37. The number of hydrogen-bond donors (Lipinski definition) is 2. The largest absolute Gasteiger partial charge is 0.390 e. The molecular weight excluding hydrogens is 578 g/mol. The molecule has 1 aromatic heterocycles. The Morgan fingerprint density at radius 2 is 1.88 bits per heavy atom. The number of aliphatic hydroxyl groups excluding tert-OH is 1. The lowest BCUT2D eigenvalue weighted by Crippen LogP contribution is -2.49. The molecule has 1 saturated heterocycles. The van der Waals surface area contributed by atoms with Gasteiger partial charge in [-0.3, -0.25) is 19.1 Å². The van der Waals surface area contributed by atoms with Crippen molar-refractivity contribution in [3.8, 4) is 17.3 Å². The molecule has 0 radical (unpaired) electrons. The number of para-hydroxylation sites is 1. The summed E-state index contributed by atoms with van der Waals surface area (Å²) in [6.07, 6.45) is 0.968.